The fraction of sp³-hybridized carbons (Fsp3) is 0.538. The molecule has 1 aliphatic rings. The summed E-state index contributed by atoms with van der Waals surface area (Å²) < 4.78 is 0. The van der Waals surface area contributed by atoms with Gasteiger partial charge in [0.15, 0.2) is 0 Å². The van der Waals surface area contributed by atoms with Gasteiger partial charge >= 0.3 is 0 Å². The van der Waals surface area contributed by atoms with Crippen LogP contribution in [-0.4, -0.2) is 36.3 Å². The molecule has 0 unspecified atom stereocenters. The summed E-state index contributed by atoms with van der Waals surface area (Å²) in [5.74, 6) is 0. The molecule has 0 radical (unpaired) electrons. The number of aliphatic hydroxyl groups is 1. The molecule has 1 saturated heterocycles. The highest BCUT2D eigenvalue weighted by molar-refractivity contribution is 5.69. The summed E-state index contributed by atoms with van der Waals surface area (Å²) in [5.41, 5.74) is 1.58. The molecule has 0 saturated carbocycles. The summed E-state index contributed by atoms with van der Waals surface area (Å²) in [7, 11) is 0. The summed E-state index contributed by atoms with van der Waals surface area (Å²) >= 11 is 0. The third-order valence-electron chi connectivity index (χ3n) is 3.28. The van der Waals surface area contributed by atoms with Gasteiger partial charge in [0.2, 0.25) is 0 Å². The van der Waals surface area contributed by atoms with E-state index in [9.17, 15) is 10.1 Å². The van der Waals surface area contributed by atoms with Crippen LogP contribution in [0.3, 0.4) is 0 Å². The van der Waals surface area contributed by atoms with Crippen molar-refractivity contribution < 1.29 is 10.0 Å². The van der Waals surface area contributed by atoms with Gasteiger partial charge in [-0.3, -0.25) is 10.1 Å². The lowest BCUT2D eigenvalue weighted by molar-refractivity contribution is -0.384. The lowest BCUT2D eigenvalue weighted by atomic mass is 10.2. The van der Waals surface area contributed by atoms with Crippen molar-refractivity contribution >= 4 is 17.1 Å². The Bertz CT molecular complexity index is 445. The predicted molar refractivity (Wildman–Crippen MR) is 74.7 cm³/mol. The van der Waals surface area contributed by atoms with Gasteiger partial charge in [0.25, 0.3) is 5.69 Å². The molecule has 19 heavy (non-hydrogen) atoms. The second-order valence-corrected chi connectivity index (χ2v) is 4.66. The first kappa shape index (κ1) is 13.6. The first-order valence-corrected chi connectivity index (χ1v) is 6.60. The van der Waals surface area contributed by atoms with Crippen molar-refractivity contribution in [1.82, 2.24) is 0 Å². The molecule has 0 bridgehead atoms. The molecule has 0 aromatic heterocycles. The molecule has 2 N–H and O–H groups in total. The Hall–Kier alpha value is -1.82. The summed E-state index contributed by atoms with van der Waals surface area (Å²) in [5, 5.41) is 23.0. The van der Waals surface area contributed by atoms with Crippen LogP contribution in [0.4, 0.5) is 17.1 Å². The zero-order valence-corrected chi connectivity index (χ0v) is 10.8. The minimum absolute atomic E-state index is 0.112. The lowest BCUT2D eigenvalue weighted by Crippen LogP contribution is -2.19. The number of nitro groups is 1. The second-order valence-electron chi connectivity index (χ2n) is 4.66. The van der Waals surface area contributed by atoms with Gasteiger partial charge in [-0.25, -0.2) is 0 Å². The lowest BCUT2D eigenvalue weighted by Gasteiger charge is -2.18. The molecule has 2 rings (SSSR count). The van der Waals surface area contributed by atoms with Crippen molar-refractivity contribution in [2.45, 2.75) is 19.3 Å². The highest BCUT2D eigenvalue weighted by atomic mass is 16.6. The van der Waals surface area contributed by atoms with E-state index < -0.39 is 0 Å². The molecule has 0 amide bonds. The smallest absolute Gasteiger partial charge is 0.294 e. The second kappa shape index (κ2) is 6.38. The average molecular weight is 265 g/mol. The highest BCUT2D eigenvalue weighted by Crippen LogP contribution is 2.33. The van der Waals surface area contributed by atoms with Gasteiger partial charge in [-0.05, 0) is 31.4 Å². The van der Waals surface area contributed by atoms with Gasteiger partial charge in [0.1, 0.15) is 5.69 Å². The number of hydrogen-bond donors (Lipinski definition) is 2. The molecule has 0 aliphatic carbocycles. The molecule has 1 aliphatic heterocycles. The Morgan fingerprint density at radius 3 is 2.74 bits per heavy atom. The molecule has 1 heterocycles. The van der Waals surface area contributed by atoms with Gasteiger partial charge < -0.3 is 15.3 Å². The zero-order chi connectivity index (χ0) is 13.7. The number of nitro benzene ring substituents is 1. The molecular weight excluding hydrogens is 246 g/mol. The Morgan fingerprint density at radius 2 is 2.11 bits per heavy atom. The van der Waals surface area contributed by atoms with Crippen LogP contribution in [0, 0.1) is 10.1 Å². The maximum atomic E-state index is 11.2. The van der Waals surface area contributed by atoms with Crippen molar-refractivity contribution in [3.05, 3.63) is 28.3 Å². The van der Waals surface area contributed by atoms with Gasteiger partial charge in [-0.1, -0.05) is 0 Å². The first-order chi connectivity index (χ1) is 9.22. The van der Waals surface area contributed by atoms with Crippen LogP contribution in [-0.2, 0) is 0 Å². The number of nitrogens with zero attached hydrogens (tertiary/aromatic N) is 2. The van der Waals surface area contributed by atoms with E-state index in [1.165, 1.54) is 0 Å². The third-order valence-corrected chi connectivity index (χ3v) is 3.28. The van der Waals surface area contributed by atoms with Crippen LogP contribution < -0.4 is 10.2 Å². The van der Waals surface area contributed by atoms with Crippen LogP contribution in [0.1, 0.15) is 19.3 Å². The largest absolute Gasteiger partial charge is 0.396 e. The van der Waals surface area contributed by atoms with Crippen LogP contribution in [0.5, 0.6) is 0 Å². The fourth-order valence-electron chi connectivity index (χ4n) is 2.32. The average Bonchev–Trinajstić information content (AvgIpc) is 2.92. The van der Waals surface area contributed by atoms with E-state index in [4.69, 9.17) is 5.11 Å². The number of benzene rings is 1. The summed E-state index contributed by atoms with van der Waals surface area (Å²) in [6, 6.07) is 5.24. The standard InChI is InChI=1S/C13H19N3O3/c17-9-3-6-14-11-4-5-12(13(10-11)16(18)19)15-7-1-2-8-15/h4-5,10,14,17H,1-3,6-9H2. The Morgan fingerprint density at radius 1 is 1.37 bits per heavy atom. The number of anilines is 2. The SMILES string of the molecule is O=[N+]([O-])c1cc(NCCCO)ccc1N1CCCC1. The van der Waals surface area contributed by atoms with E-state index in [1.54, 1.807) is 6.07 Å². The molecule has 0 atom stereocenters. The number of aliphatic hydroxyl groups excluding tert-OH is 1. The van der Waals surface area contributed by atoms with Crippen molar-refractivity contribution in [2.24, 2.45) is 0 Å². The molecule has 1 aromatic rings. The Labute approximate surface area is 112 Å². The molecule has 1 fully saturated rings. The van der Waals surface area contributed by atoms with Gasteiger partial charge in [-0.2, -0.15) is 0 Å². The summed E-state index contributed by atoms with van der Waals surface area (Å²) in [4.78, 5) is 12.9. The number of hydrogen-bond acceptors (Lipinski definition) is 5. The monoisotopic (exact) mass is 265 g/mol. The quantitative estimate of drug-likeness (QED) is 0.467. The van der Waals surface area contributed by atoms with E-state index in [1.807, 2.05) is 12.1 Å². The van der Waals surface area contributed by atoms with E-state index in [0.29, 0.717) is 18.7 Å². The van der Waals surface area contributed by atoms with Gasteiger partial charge in [0.05, 0.1) is 4.92 Å². The summed E-state index contributed by atoms with van der Waals surface area (Å²) in [6.45, 7) is 2.49. The van der Waals surface area contributed by atoms with Crippen LogP contribution in [0.15, 0.2) is 18.2 Å². The first-order valence-electron chi connectivity index (χ1n) is 6.60. The highest BCUT2D eigenvalue weighted by Gasteiger charge is 2.22. The van der Waals surface area contributed by atoms with Crippen molar-refractivity contribution in [2.75, 3.05) is 36.5 Å². The van der Waals surface area contributed by atoms with Gasteiger partial charge in [-0.15, -0.1) is 0 Å². The third kappa shape index (κ3) is 3.35. The number of rotatable bonds is 6. The van der Waals surface area contributed by atoms with Crippen LogP contribution in [0.2, 0.25) is 0 Å². The van der Waals surface area contributed by atoms with Crippen LogP contribution in [0.25, 0.3) is 0 Å². The maximum Gasteiger partial charge on any atom is 0.294 e. The minimum atomic E-state index is -0.328. The Kier molecular flexibility index (Phi) is 4.57. The molecule has 6 nitrogen and oxygen atoms in total. The summed E-state index contributed by atoms with van der Waals surface area (Å²) in [6.07, 6.45) is 2.81. The van der Waals surface area contributed by atoms with Crippen molar-refractivity contribution in [3.63, 3.8) is 0 Å². The zero-order valence-electron chi connectivity index (χ0n) is 10.8. The van der Waals surface area contributed by atoms with E-state index in [0.717, 1.165) is 31.6 Å². The molecule has 0 spiro atoms. The fourth-order valence-corrected chi connectivity index (χ4v) is 2.32. The molecular formula is C13H19N3O3. The molecule has 6 heteroatoms. The van der Waals surface area contributed by atoms with E-state index in [2.05, 4.69) is 10.2 Å². The predicted octanol–water partition coefficient (Wildman–Crippen LogP) is 1.99. The Balaban J connectivity index is 2.17. The topological polar surface area (TPSA) is 78.6 Å². The maximum absolute atomic E-state index is 11.2. The molecule has 1 aromatic carbocycles. The van der Waals surface area contributed by atoms with Crippen LogP contribution >= 0.6 is 0 Å². The minimum Gasteiger partial charge on any atom is -0.396 e. The normalized spacial score (nSPS) is 14.7. The number of nitrogens with one attached hydrogen (secondary N) is 1. The van der Waals surface area contributed by atoms with E-state index in [-0.39, 0.29) is 17.2 Å². The van der Waals surface area contributed by atoms with Gasteiger partial charge in [0, 0.05) is 38.0 Å². The van der Waals surface area contributed by atoms with E-state index >= 15 is 0 Å². The van der Waals surface area contributed by atoms with Crippen molar-refractivity contribution in [3.8, 4) is 0 Å². The molecule has 104 valence electrons. The van der Waals surface area contributed by atoms with Crippen molar-refractivity contribution in [1.29, 1.82) is 0 Å².